The van der Waals surface area contributed by atoms with Gasteiger partial charge in [-0.1, -0.05) is 84.9 Å². The smallest absolute Gasteiger partial charge is 0.128 e. The predicted octanol–water partition coefficient (Wildman–Crippen LogP) is 6.30. The molecule has 0 spiro atoms. The van der Waals surface area contributed by atoms with Gasteiger partial charge in [0.1, 0.15) is 24.7 Å². The van der Waals surface area contributed by atoms with Crippen LogP contribution in [0.25, 0.3) is 0 Å². The topological polar surface area (TPSA) is 43.2 Å². The van der Waals surface area contributed by atoms with Crippen molar-refractivity contribution in [2.75, 3.05) is 0 Å². The maximum absolute atomic E-state index is 5.97. The van der Waals surface area contributed by atoms with Crippen molar-refractivity contribution in [3.8, 4) is 11.5 Å². The van der Waals surface area contributed by atoms with Crippen LogP contribution < -0.4 is 9.47 Å². The summed E-state index contributed by atoms with van der Waals surface area (Å²) in [6.45, 7) is 1.00. The molecule has 4 heteroatoms. The number of para-hydroxylation sites is 2. The maximum atomic E-state index is 5.97. The Labute approximate surface area is 188 Å². The molecule has 32 heavy (non-hydrogen) atoms. The van der Waals surface area contributed by atoms with Gasteiger partial charge in [0, 0.05) is 11.1 Å². The standard InChI is InChI=1S/C28H24N2O2/c1-3-11-23(12-4-1)21-31-27-17-9-7-15-25(27)19-29-30-20-26-16-8-10-18-28(26)32-22-24-13-5-2-6-14-24/h1-20H,21-22H2/b29-19-,30-20+. The second-order valence-electron chi connectivity index (χ2n) is 7.11. The molecule has 4 rings (SSSR count). The van der Waals surface area contributed by atoms with E-state index in [2.05, 4.69) is 10.2 Å². The van der Waals surface area contributed by atoms with Crippen LogP contribution in [-0.4, -0.2) is 12.4 Å². The highest BCUT2D eigenvalue weighted by Crippen LogP contribution is 2.19. The van der Waals surface area contributed by atoms with Crippen LogP contribution in [0.3, 0.4) is 0 Å². The summed E-state index contributed by atoms with van der Waals surface area (Å²) in [6.07, 6.45) is 3.40. The maximum Gasteiger partial charge on any atom is 0.128 e. The van der Waals surface area contributed by atoms with Gasteiger partial charge in [0.15, 0.2) is 0 Å². The van der Waals surface area contributed by atoms with Crippen molar-refractivity contribution in [1.82, 2.24) is 0 Å². The Morgan fingerprint density at radius 1 is 0.469 bits per heavy atom. The monoisotopic (exact) mass is 420 g/mol. The van der Waals surface area contributed by atoms with Crippen molar-refractivity contribution in [2.24, 2.45) is 10.2 Å². The second kappa shape index (κ2) is 11.3. The molecule has 0 radical (unpaired) electrons. The van der Waals surface area contributed by atoms with Gasteiger partial charge in [0.05, 0.1) is 12.4 Å². The van der Waals surface area contributed by atoms with Gasteiger partial charge in [-0.15, -0.1) is 0 Å². The minimum atomic E-state index is 0.501. The molecule has 4 aromatic rings. The lowest BCUT2D eigenvalue weighted by Gasteiger charge is -2.09. The first-order valence-electron chi connectivity index (χ1n) is 10.5. The molecule has 0 fully saturated rings. The Kier molecular flexibility index (Phi) is 7.42. The highest BCUT2D eigenvalue weighted by atomic mass is 16.5. The first kappa shape index (κ1) is 21.1. The molecule has 0 saturated heterocycles. The molecule has 0 unspecified atom stereocenters. The van der Waals surface area contributed by atoms with Crippen LogP contribution in [0.5, 0.6) is 11.5 Å². The number of ether oxygens (including phenoxy) is 2. The summed E-state index contributed by atoms with van der Waals surface area (Å²) < 4.78 is 11.9. The van der Waals surface area contributed by atoms with E-state index in [1.165, 1.54) is 0 Å². The van der Waals surface area contributed by atoms with E-state index in [0.717, 1.165) is 33.8 Å². The van der Waals surface area contributed by atoms with Crippen molar-refractivity contribution >= 4 is 12.4 Å². The summed E-state index contributed by atoms with van der Waals surface area (Å²) in [7, 11) is 0. The zero-order valence-corrected chi connectivity index (χ0v) is 17.7. The van der Waals surface area contributed by atoms with E-state index in [1.807, 2.05) is 109 Å². The van der Waals surface area contributed by atoms with E-state index < -0.39 is 0 Å². The molecule has 0 heterocycles. The van der Waals surface area contributed by atoms with Crippen LogP contribution in [-0.2, 0) is 13.2 Å². The highest BCUT2D eigenvalue weighted by Gasteiger charge is 2.02. The number of benzene rings is 4. The summed E-state index contributed by atoms with van der Waals surface area (Å²) in [6, 6.07) is 35.7. The molecule has 158 valence electrons. The number of hydrogen-bond donors (Lipinski definition) is 0. The van der Waals surface area contributed by atoms with Crippen LogP contribution in [0.1, 0.15) is 22.3 Å². The van der Waals surface area contributed by atoms with E-state index in [-0.39, 0.29) is 0 Å². The highest BCUT2D eigenvalue weighted by molar-refractivity contribution is 5.86. The molecule has 0 aliphatic heterocycles. The van der Waals surface area contributed by atoms with E-state index in [1.54, 1.807) is 12.4 Å². The Morgan fingerprint density at radius 3 is 1.28 bits per heavy atom. The Balaban J connectivity index is 1.40. The molecule has 0 N–H and O–H groups in total. The van der Waals surface area contributed by atoms with E-state index in [4.69, 9.17) is 9.47 Å². The third-order valence-electron chi connectivity index (χ3n) is 4.77. The first-order chi connectivity index (χ1) is 15.9. The molecular weight excluding hydrogens is 396 g/mol. The van der Waals surface area contributed by atoms with Gasteiger partial charge in [-0.25, -0.2) is 0 Å². The van der Waals surface area contributed by atoms with Crippen molar-refractivity contribution in [3.05, 3.63) is 131 Å². The van der Waals surface area contributed by atoms with Gasteiger partial charge in [-0.05, 0) is 35.4 Å². The number of rotatable bonds is 9. The molecule has 0 saturated carbocycles. The summed E-state index contributed by atoms with van der Waals surface area (Å²) in [4.78, 5) is 0. The molecular formula is C28H24N2O2. The van der Waals surface area contributed by atoms with Gasteiger partial charge in [-0.3, -0.25) is 0 Å². The summed E-state index contributed by atoms with van der Waals surface area (Å²) in [5.74, 6) is 1.53. The number of nitrogens with zero attached hydrogens (tertiary/aromatic N) is 2. The second-order valence-corrected chi connectivity index (χ2v) is 7.11. The molecule has 0 aliphatic carbocycles. The van der Waals surface area contributed by atoms with Crippen molar-refractivity contribution in [3.63, 3.8) is 0 Å². The van der Waals surface area contributed by atoms with E-state index in [0.29, 0.717) is 13.2 Å². The van der Waals surface area contributed by atoms with Crippen LogP contribution >= 0.6 is 0 Å². The Hall–Kier alpha value is -4.18. The largest absolute Gasteiger partial charge is 0.488 e. The minimum absolute atomic E-state index is 0.501. The van der Waals surface area contributed by atoms with Crippen LogP contribution in [0.2, 0.25) is 0 Å². The molecule has 4 aromatic carbocycles. The average molecular weight is 421 g/mol. The summed E-state index contributed by atoms with van der Waals surface area (Å²) in [5.41, 5.74) is 3.97. The minimum Gasteiger partial charge on any atom is -0.488 e. The predicted molar refractivity (Wildman–Crippen MR) is 130 cm³/mol. The van der Waals surface area contributed by atoms with Crippen LogP contribution in [0, 0.1) is 0 Å². The SMILES string of the molecule is C(=N/N=C/c1ccccc1OCc1ccccc1)/c1ccccc1OCc1ccccc1. The Bertz CT molecular complexity index is 1080. The third kappa shape index (κ3) is 6.16. The molecule has 0 bridgehead atoms. The lowest BCUT2D eigenvalue weighted by atomic mass is 10.2. The number of hydrogen-bond acceptors (Lipinski definition) is 4. The lowest BCUT2D eigenvalue weighted by Crippen LogP contribution is -1.98. The lowest BCUT2D eigenvalue weighted by molar-refractivity contribution is 0.305. The van der Waals surface area contributed by atoms with Gasteiger partial charge in [-0.2, -0.15) is 10.2 Å². The van der Waals surface area contributed by atoms with Crippen molar-refractivity contribution < 1.29 is 9.47 Å². The van der Waals surface area contributed by atoms with Gasteiger partial charge in [0.2, 0.25) is 0 Å². The molecule has 0 aliphatic rings. The quantitative estimate of drug-likeness (QED) is 0.236. The van der Waals surface area contributed by atoms with E-state index >= 15 is 0 Å². The van der Waals surface area contributed by atoms with Crippen molar-refractivity contribution in [1.29, 1.82) is 0 Å². The van der Waals surface area contributed by atoms with E-state index in [9.17, 15) is 0 Å². The van der Waals surface area contributed by atoms with Gasteiger partial charge < -0.3 is 9.47 Å². The average Bonchev–Trinajstić information content (AvgIpc) is 2.86. The molecule has 0 atom stereocenters. The summed E-state index contributed by atoms with van der Waals surface area (Å²) in [5, 5.41) is 8.44. The van der Waals surface area contributed by atoms with Crippen molar-refractivity contribution in [2.45, 2.75) is 13.2 Å². The zero-order valence-electron chi connectivity index (χ0n) is 17.7. The summed E-state index contributed by atoms with van der Waals surface area (Å²) >= 11 is 0. The van der Waals surface area contributed by atoms with Crippen LogP contribution in [0.15, 0.2) is 119 Å². The molecule has 4 nitrogen and oxygen atoms in total. The first-order valence-corrected chi connectivity index (χ1v) is 10.5. The van der Waals surface area contributed by atoms with Gasteiger partial charge >= 0.3 is 0 Å². The zero-order chi connectivity index (χ0) is 21.8. The molecule has 0 amide bonds. The fourth-order valence-electron chi connectivity index (χ4n) is 3.10. The van der Waals surface area contributed by atoms with Gasteiger partial charge in [0.25, 0.3) is 0 Å². The fourth-order valence-corrected chi connectivity index (χ4v) is 3.10. The molecule has 0 aromatic heterocycles. The Morgan fingerprint density at radius 2 is 0.844 bits per heavy atom. The third-order valence-corrected chi connectivity index (χ3v) is 4.77. The normalized spacial score (nSPS) is 11.1. The fraction of sp³-hybridized carbons (Fsp3) is 0.0714. The van der Waals surface area contributed by atoms with Crippen LogP contribution in [0.4, 0.5) is 0 Å².